The number of halogens is 1. The number of hydrogen-bond acceptors (Lipinski definition) is 3. The zero-order chi connectivity index (χ0) is 13.0. The van der Waals surface area contributed by atoms with Gasteiger partial charge in [0.1, 0.15) is 0 Å². The average Bonchev–Trinajstić information content (AvgIpc) is 2.39. The van der Waals surface area contributed by atoms with Crippen LogP contribution in [0.15, 0.2) is 28.7 Å². The van der Waals surface area contributed by atoms with Crippen LogP contribution in [-0.4, -0.2) is 40.9 Å². The van der Waals surface area contributed by atoms with Gasteiger partial charge in [0.15, 0.2) is 0 Å². The molecule has 2 N–H and O–H groups in total. The van der Waals surface area contributed by atoms with Gasteiger partial charge < -0.3 is 10.2 Å². The topological polar surface area (TPSA) is 43.7 Å². The van der Waals surface area contributed by atoms with E-state index in [2.05, 4.69) is 20.8 Å². The second-order valence-electron chi connectivity index (χ2n) is 4.86. The van der Waals surface area contributed by atoms with Crippen molar-refractivity contribution in [3.05, 3.63) is 34.3 Å². The summed E-state index contributed by atoms with van der Waals surface area (Å²) in [5.74, 6) is 0. The molecule has 0 aromatic heterocycles. The van der Waals surface area contributed by atoms with E-state index in [1.54, 1.807) is 0 Å². The Balaban J connectivity index is 2.02. The number of benzene rings is 1. The van der Waals surface area contributed by atoms with Crippen molar-refractivity contribution >= 4 is 15.9 Å². The van der Waals surface area contributed by atoms with Crippen LogP contribution in [0.5, 0.6) is 0 Å². The van der Waals surface area contributed by atoms with Crippen LogP contribution < -0.4 is 0 Å². The smallest absolute Gasteiger partial charge is 0.0927 e. The number of rotatable bonds is 4. The number of hydrogen-bond donors (Lipinski definition) is 2. The van der Waals surface area contributed by atoms with Gasteiger partial charge in [-0.05, 0) is 31.0 Å². The minimum atomic E-state index is -0.507. The third kappa shape index (κ3) is 3.32. The second-order valence-corrected chi connectivity index (χ2v) is 5.72. The monoisotopic (exact) mass is 313 g/mol. The summed E-state index contributed by atoms with van der Waals surface area (Å²) in [6, 6.07) is 7.96. The van der Waals surface area contributed by atoms with Crippen molar-refractivity contribution in [3.8, 4) is 0 Å². The van der Waals surface area contributed by atoms with E-state index >= 15 is 0 Å². The third-order valence-corrected chi connectivity index (χ3v) is 4.35. The van der Waals surface area contributed by atoms with Crippen LogP contribution in [0, 0.1) is 0 Å². The molecule has 2 rings (SSSR count). The molecule has 4 heteroatoms. The standard InChI is InChI=1S/C14H20BrNO2/c15-13-7-2-1-6-12(13)14(18)9-16-8-4-3-5-11(16)10-17/h1-2,6-7,11,14,17-18H,3-5,8-10H2/t11-,14-/m1/s1. The van der Waals surface area contributed by atoms with Crippen molar-refractivity contribution in [1.82, 2.24) is 4.90 Å². The number of nitrogens with zero attached hydrogens (tertiary/aromatic N) is 1. The summed E-state index contributed by atoms with van der Waals surface area (Å²) in [7, 11) is 0. The van der Waals surface area contributed by atoms with Gasteiger partial charge in [0.2, 0.25) is 0 Å². The summed E-state index contributed by atoms with van der Waals surface area (Å²) in [6.07, 6.45) is 2.85. The van der Waals surface area contributed by atoms with Crippen LogP contribution >= 0.6 is 15.9 Å². The molecule has 1 aromatic rings. The van der Waals surface area contributed by atoms with Crippen LogP contribution in [-0.2, 0) is 0 Å². The maximum atomic E-state index is 10.3. The van der Waals surface area contributed by atoms with Gasteiger partial charge in [-0.3, -0.25) is 4.90 Å². The first-order valence-electron chi connectivity index (χ1n) is 6.49. The summed E-state index contributed by atoms with van der Waals surface area (Å²) >= 11 is 3.47. The lowest BCUT2D eigenvalue weighted by atomic mass is 10.0. The van der Waals surface area contributed by atoms with Gasteiger partial charge in [0.05, 0.1) is 12.7 Å². The molecule has 1 aliphatic heterocycles. The molecule has 0 bridgehead atoms. The summed E-state index contributed by atoms with van der Waals surface area (Å²) in [6.45, 7) is 1.74. The predicted molar refractivity (Wildman–Crippen MR) is 75.4 cm³/mol. The lowest BCUT2D eigenvalue weighted by Gasteiger charge is -2.36. The predicted octanol–water partition coefficient (Wildman–Crippen LogP) is 2.33. The second kappa shape index (κ2) is 6.66. The molecule has 0 aliphatic carbocycles. The summed E-state index contributed by atoms with van der Waals surface area (Å²) in [4.78, 5) is 2.20. The van der Waals surface area contributed by atoms with Crippen LogP contribution in [0.3, 0.4) is 0 Å². The molecule has 0 amide bonds. The maximum absolute atomic E-state index is 10.3. The van der Waals surface area contributed by atoms with E-state index in [1.165, 1.54) is 6.42 Å². The van der Waals surface area contributed by atoms with E-state index in [0.717, 1.165) is 29.4 Å². The first-order chi connectivity index (χ1) is 8.72. The Morgan fingerprint density at radius 3 is 2.83 bits per heavy atom. The summed E-state index contributed by atoms with van der Waals surface area (Å²) in [5, 5.41) is 19.7. The average molecular weight is 314 g/mol. The largest absolute Gasteiger partial charge is 0.395 e. The van der Waals surface area contributed by atoms with Gasteiger partial charge in [-0.15, -0.1) is 0 Å². The lowest BCUT2D eigenvalue weighted by molar-refractivity contribution is 0.0415. The van der Waals surface area contributed by atoms with Gasteiger partial charge in [0.25, 0.3) is 0 Å². The van der Waals surface area contributed by atoms with E-state index < -0.39 is 6.10 Å². The molecule has 0 spiro atoms. The van der Waals surface area contributed by atoms with Gasteiger partial charge in [-0.2, -0.15) is 0 Å². The normalized spacial score (nSPS) is 22.9. The minimum Gasteiger partial charge on any atom is -0.395 e. The minimum absolute atomic E-state index is 0.183. The fraction of sp³-hybridized carbons (Fsp3) is 0.571. The molecule has 0 radical (unpaired) electrons. The highest BCUT2D eigenvalue weighted by molar-refractivity contribution is 9.10. The molecular weight excluding hydrogens is 294 g/mol. The van der Waals surface area contributed by atoms with Crippen LogP contribution in [0.1, 0.15) is 30.9 Å². The number of aliphatic hydroxyl groups is 2. The van der Waals surface area contributed by atoms with Gasteiger partial charge >= 0.3 is 0 Å². The van der Waals surface area contributed by atoms with E-state index in [4.69, 9.17) is 0 Å². The van der Waals surface area contributed by atoms with Gasteiger partial charge in [-0.1, -0.05) is 40.5 Å². The molecule has 1 fully saturated rings. The molecule has 0 unspecified atom stereocenters. The summed E-state index contributed by atoms with van der Waals surface area (Å²) in [5.41, 5.74) is 0.916. The Morgan fingerprint density at radius 1 is 1.33 bits per heavy atom. The number of piperidine rings is 1. The zero-order valence-electron chi connectivity index (χ0n) is 10.4. The molecule has 1 aromatic carbocycles. The maximum Gasteiger partial charge on any atom is 0.0927 e. The quantitative estimate of drug-likeness (QED) is 0.896. The van der Waals surface area contributed by atoms with E-state index in [9.17, 15) is 10.2 Å². The van der Waals surface area contributed by atoms with Gasteiger partial charge in [-0.25, -0.2) is 0 Å². The lowest BCUT2D eigenvalue weighted by Crippen LogP contribution is -2.43. The SMILES string of the molecule is OC[C@H]1CCCCN1C[C@@H](O)c1ccccc1Br. The van der Waals surface area contributed by atoms with Crippen molar-refractivity contribution in [2.75, 3.05) is 19.7 Å². The van der Waals surface area contributed by atoms with E-state index in [1.807, 2.05) is 24.3 Å². The molecule has 2 atom stereocenters. The highest BCUT2D eigenvalue weighted by Gasteiger charge is 2.24. The number of β-amino-alcohol motifs (C(OH)–C–C–N with tert-alkyl or cyclic N) is 1. The first kappa shape index (κ1) is 14.0. The fourth-order valence-electron chi connectivity index (χ4n) is 2.57. The van der Waals surface area contributed by atoms with E-state index in [0.29, 0.717) is 6.54 Å². The molecule has 0 saturated carbocycles. The fourth-order valence-corrected chi connectivity index (χ4v) is 3.12. The van der Waals surface area contributed by atoms with Crippen LogP contribution in [0.4, 0.5) is 0 Å². The summed E-state index contributed by atoms with van der Waals surface area (Å²) < 4.78 is 0.940. The van der Waals surface area contributed by atoms with Crippen molar-refractivity contribution in [1.29, 1.82) is 0 Å². The zero-order valence-corrected chi connectivity index (χ0v) is 12.0. The Kier molecular flexibility index (Phi) is 5.18. The van der Waals surface area contributed by atoms with Gasteiger partial charge in [0, 0.05) is 17.1 Å². The molecular formula is C14H20BrNO2. The molecule has 1 saturated heterocycles. The van der Waals surface area contributed by atoms with Crippen molar-refractivity contribution < 1.29 is 10.2 Å². The molecule has 3 nitrogen and oxygen atoms in total. The molecule has 18 heavy (non-hydrogen) atoms. The van der Waals surface area contributed by atoms with Crippen molar-refractivity contribution in [2.24, 2.45) is 0 Å². The Hall–Kier alpha value is -0.420. The van der Waals surface area contributed by atoms with Crippen molar-refractivity contribution in [3.63, 3.8) is 0 Å². The number of aliphatic hydroxyl groups excluding tert-OH is 2. The van der Waals surface area contributed by atoms with E-state index in [-0.39, 0.29) is 12.6 Å². The first-order valence-corrected chi connectivity index (χ1v) is 7.29. The highest BCUT2D eigenvalue weighted by atomic mass is 79.9. The third-order valence-electron chi connectivity index (χ3n) is 3.63. The molecule has 1 heterocycles. The Labute approximate surface area is 117 Å². The Morgan fingerprint density at radius 2 is 2.11 bits per heavy atom. The molecule has 1 aliphatic rings. The van der Waals surface area contributed by atoms with Crippen LogP contribution in [0.2, 0.25) is 0 Å². The Bertz CT molecular complexity index is 386. The highest BCUT2D eigenvalue weighted by Crippen LogP contribution is 2.26. The van der Waals surface area contributed by atoms with Crippen LogP contribution in [0.25, 0.3) is 0 Å². The van der Waals surface area contributed by atoms with Crippen molar-refractivity contribution in [2.45, 2.75) is 31.4 Å². The molecule has 100 valence electrons. The number of likely N-dealkylation sites (tertiary alicyclic amines) is 1.